The summed E-state index contributed by atoms with van der Waals surface area (Å²) in [4.78, 5) is 36.0. The standard InChI is InChI=1S/C23H29N3O3S/c1-15-11-16(2)22(17(3)12-15)26-20(27)9-6-10-30-14-21(28)25-19-8-5-7-18(13-19)23(29)24-4/h5,7-8,11-13H,6,9-10,14H2,1-4H3,(H,24,29)(H,25,28)(H,26,27). The maximum absolute atomic E-state index is 12.2. The SMILES string of the molecule is CNC(=O)c1cccc(NC(=O)CSCCCC(=O)Nc2c(C)cc(C)cc2C)c1. The van der Waals surface area contributed by atoms with Crippen molar-refractivity contribution in [2.45, 2.75) is 33.6 Å². The van der Waals surface area contributed by atoms with Crippen LogP contribution in [0.25, 0.3) is 0 Å². The third kappa shape index (κ3) is 7.22. The summed E-state index contributed by atoms with van der Waals surface area (Å²) in [5.74, 6) is 0.660. The molecular weight excluding hydrogens is 398 g/mol. The first kappa shape index (κ1) is 23.5. The molecule has 0 fully saturated rings. The minimum Gasteiger partial charge on any atom is -0.355 e. The molecule has 7 heteroatoms. The Labute approximate surface area is 182 Å². The molecule has 3 N–H and O–H groups in total. The van der Waals surface area contributed by atoms with Crippen molar-refractivity contribution in [2.75, 3.05) is 29.2 Å². The van der Waals surface area contributed by atoms with Gasteiger partial charge in [0, 0.05) is 30.4 Å². The number of anilines is 2. The molecule has 0 aromatic heterocycles. The Morgan fingerprint density at radius 1 is 0.933 bits per heavy atom. The molecule has 3 amide bonds. The molecule has 2 aromatic rings. The van der Waals surface area contributed by atoms with E-state index in [1.165, 1.54) is 17.3 Å². The molecule has 0 aliphatic heterocycles. The van der Waals surface area contributed by atoms with Gasteiger partial charge in [0.2, 0.25) is 11.8 Å². The Kier molecular flexibility index (Phi) is 8.92. The minimum absolute atomic E-state index is 0.0129. The number of benzene rings is 2. The third-order valence-electron chi connectivity index (χ3n) is 4.50. The Bertz CT molecular complexity index is 905. The first-order chi connectivity index (χ1) is 14.3. The van der Waals surface area contributed by atoms with E-state index < -0.39 is 0 Å². The lowest BCUT2D eigenvalue weighted by Crippen LogP contribution is -2.19. The zero-order chi connectivity index (χ0) is 22.1. The van der Waals surface area contributed by atoms with Crippen LogP contribution in [-0.4, -0.2) is 36.3 Å². The largest absolute Gasteiger partial charge is 0.355 e. The van der Waals surface area contributed by atoms with Gasteiger partial charge in [-0.3, -0.25) is 14.4 Å². The summed E-state index contributed by atoms with van der Waals surface area (Å²) in [5, 5.41) is 8.34. The molecule has 0 unspecified atom stereocenters. The van der Waals surface area contributed by atoms with Crippen molar-refractivity contribution in [1.29, 1.82) is 0 Å². The number of nitrogens with one attached hydrogen (secondary N) is 3. The molecule has 2 aromatic carbocycles. The molecule has 0 atom stereocenters. The Balaban J connectivity index is 1.70. The Morgan fingerprint density at radius 3 is 2.30 bits per heavy atom. The Hall–Kier alpha value is -2.80. The van der Waals surface area contributed by atoms with Crippen molar-refractivity contribution in [3.8, 4) is 0 Å². The molecule has 0 spiro atoms. The predicted molar refractivity (Wildman–Crippen MR) is 124 cm³/mol. The highest BCUT2D eigenvalue weighted by Gasteiger charge is 2.09. The van der Waals surface area contributed by atoms with E-state index in [-0.39, 0.29) is 17.7 Å². The van der Waals surface area contributed by atoms with Crippen molar-refractivity contribution in [3.63, 3.8) is 0 Å². The number of thioether (sulfide) groups is 1. The molecule has 30 heavy (non-hydrogen) atoms. The fraction of sp³-hybridized carbons (Fsp3) is 0.348. The number of amides is 3. The van der Waals surface area contributed by atoms with Crippen molar-refractivity contribution in [2.24, 2.45) is 0 Å². The van der Waals surface area contributed by atoms with Gasteiger partial charge in [-0.25, -0.2) is 0 Å². The average Bonchev–Trinajstić information content (AvgIpc) is 2.70. The fourth-order valence-corrected chi connectivity index (χ4v) is 3.91. The van der Waals surface area contributed by atoms with E-state index in [1.54, 1.807) is 31.3 Å². The van der Waals surface area contributed by atoms with Crippen LogP contribution in [0.5, 0.6) is 0 Å². The van der Waals surface area contributed by atoms with Crippen LogP contribution in [0.15, 0.2) is 36.4 Å². The highest BCUT2D eigenvalue weighted by Crippen LogP contribution is 2.22. The highest BCUT2D eigenvalue weighted by atomic mass is 32.2. The van der Waals surface area contributed by atoms with Crippen LogP contribution < -0.4 is 16.0 Å². The van der Waals surface area contributed by atoms with Gasteiger partial charge in [0.15, 0.2) is 0 Å². The molecular formula is C23H29N3O3S. The van der Waals surface area contributed by atoms with E-state index in [9.17, 15) is 14.4 Å². The summed E-state index contributed by atoms with van der Waals surface area (Å²) in [6, 6.07) is 10.9. The zero-order valence-corrected chi connectivity index (χ0v) is 18.7. The summed E-state index contributed by atoms with van der Waals surface area (Å²) in [7, 11) is 1.56. The summed E-state index contributed by atoms with van der Waals surface area (Å²) in [6.07, 6.45) is 1.11. The first-order valence-electron chi connectivity index (χ1n) is 9.87. The van der Waals surface area contributed by atoms with Crippen LogP contribution in [0.2, 0.25) is 0 Å². The number of carbonyl (C=O) groups excluding carboxylic acids is 3. The average molecular weight is 428 g/mol. The predicted octanol–water partition coefficient (Wildman–Crippen LogP) is 4.06. The van der Waals surface area contributed by atoms with Gasteiger partial charge in [-0.1, -0.05) is 23.8 Å². The maximum atomic E-state index is 12.2. The first-order valence-corrected chi connectivity index (χ1v) is 11.0. The summed E-state index contributed by atoms with van der Waals surface area (Å²) >= 11 is 1.48. The second-order valence-electron chi connectivity index (χ2n) is 7.19. The van der Waals surface area contributed by atoms with E-state index in [1.807, 2.05) is 20.8 Å². The lowest BCUT2D eigenvalue weighted by Gasteiger charge is -2.12. The smallest absolute Gasteiger partial charge is 0.251 e. The van der Waals surface area contributed by atoms with Gasteiger partial charge in [-0.2, -0.15) is 11.8 Å². The van der Waals surface area contributed by atoms with Crippen LogP contribution >= 0.6 is 11.8 Å². The zero-order valence-electron chi connectivity index (χ0n) is 17.9. The Morgan fingerprint density at radius 2 is 1.63 bits per heavy atom. The van der Waals surface area contributed by atoms with E-state index in [4.69, 9.17) is 0 Å². The quantitative estimate of drug-likeness (QED) is 0.527. The van der Waals surface area contributed by atoms with Gasteiger partial charge in [-0.15, -0.1) is 0 Å². The van der Waals surface area contributed by atoms with Gasteiger partial charge in [-0.05, 0) is 62.3 Å². The summed E-state index contributed by atoms with van der Waals surface area (Å²) in [6.45, 7) is 6.03. The lowest BCUT2D eigenvalue weighted by molar-refractivity contribution is -0.116. The molecule has 0 bridgehead atoms. The van der Waals surface area contributed by atoms with Crippen LogP contribution in [-0.2, 0) is 9.59 Å². The molecule has 0 radical (unpaired) electrons. The number of hydrogen-bond acceptors (Lipinski definition) is 4. The third-order valence-corrected chi connectivity index (χ3v) is 5.55. The molecule has 0 aliphatic rings. The van der Waals surface area contributed by atoms with Crippen LogP contribution in [0.4, 0.5) is 11.4 Å². The van der Waals surface area contributed by atoms with Crippen molar-refractivity contribution in [1.82, 2.24) is 5.32 Å². The van der Waals surface area contributed by atoms with Gasteiger partial charge in [0.05, 0.1) is 5.75 Å². The number of carbonyl (C=O) groups is 3. The molecule has 0 saturated carbocycles. The number of rotatable bonds is 9. The van der Waals surface area contributed by atoms with Gasteiger partial charge in [0.25, 0.3) is 5.91 Å². The fourth-order valence-electron chi connectivity index (χ4n) is 3.16. The van der Waals surface area contributed by atoms with E-state index in [0.717, 1.165) is 16.8 Å². The van der Waals surface area contributed by atoms with Gasteiger partial charge < -0.3 is 16.0 Å². The lowest BCUT2D eigenvalue weighted by atomic mass is 10.0. The van der Waals surface area contributed by atoms with Crippen LogP contribution in [0, 0.1) is 20.8 Å². The topological polar surface area (TPSA) is 87.3 Å². The van der Waals surface area contributed by atoms with Crippen LogP contribution in [0.3, 0.4) is 0 Å². The number of aryl methyl sites for hydroxylation is 3. The van der Waals surface area contributed by atoms with Gasteiger partial charge in [0.1, 0.15) is 0 Å². The molecule has 0 aliphatic carbocycles. The minimum atomic E-state index is -0.199. The highest BCUT2D eigenvalue weighted by molar-refractivity contribution is 7.99. The van der Waals surface area contributed by atoms with Crippen LogP contribution in [0.1, 0.15) is 39.9 Å². The maximum Gasteiger partial charge on any atom is 0.251 e. The van der Waals surface area contributed by atoms with Crippen molar-refractivity contribution >= 4 is 40.9 Å². The molecule has 0 heterocycles. The molecule has 6 nitrogen and oxygen atoms in total. The van der Waals surface area contributed by atoms with Crippen molar-refractivity contribution in [3.05, 3.63) is 58.7 Å². The molecule has 160 valence electrons. The summed E-state index contributed by atoms with van der Waals surface area (Å²) in [5.41, 5.74) is 5.27. The van der Waals surface area contributed by atoms with Crippen molar-refractivity contribution < 1.29 is 14.4 Å². The molecule has 2 rings (SSSR count). The summed E-state index contributed by atoms with van der Waals surface area (Å²) < 4.78 is 0. The van der Waals surface area contributed by atoms with E-state index in [2.05, 4.69) is 28.1 Å². The van der Waals surface area contributed by atoms with Gasteiger partial charge >= 0.3 is 0 Å². The molecule has 0 saturated heterocycles. The van der Waals surface area contributed by atoms with E-state index >= 15 is 0 Å². The number of hydrogen-bond donors (Lipinski definition) is 3. The van der Waals surface area contributed by atoms with E-state index in [0.29, 0.717) is 35.6 Å². The second kappa shape index (κ2) is 11.4. The second-order valence-corrected chi connectivity index (χ2v) is 8.29. The monoisotopic (exact) mass is 427 g/mol. The normalized spacial score (nSPS) is 10.4.